The van der Waals surface area contributed by atoms with Crippen molar-refractivity contribution < 1.29 is 9.90 Å². The Hall–Kier alpha value is -0.940. The Morgan fingerprint density at radius 1 is 1.71 bits per heavy atom. The Kier molecular flexibility index (Phi) is 4.03. The van der Waals surface area contributed by atoms with E-state index in [0.717, 1.165) is 0 Å². The van der Waals surface area contributed by atoms with E-state index in [4.69, 9.17) is 5.11 Å². The van der Waals surface area contributed by atoms with Crippen LogP contribution in [0.2, 0.25) is 0 Å². The van der Waals surface area contributed by atoms with Crippen molar-refractivity contribution in [3.05, 3.63) is 28.5 Å². The topological polar surface area (TPSA) is 62.2 Å². The maximum Gasteiger partial charge on any atom is 0.270 e. The van der Waals surface area contributed by atoms with Gasteiger partial charge in [0, 0.05) is 6.04 Å². The number of nitrogens with one attached hydrogen (secondary N) is 1. The molecule has 1 aromatic heterocycles. The van der Waals surface area contributed by atoms with Crippen molar-refractivity contribution in [2.24, 2.45) is 0 Å². The molecule has 76 valence electrons. The van der Waals surface area contributed by atoms with Crippen LogP contribution in [-0.4, -0.2) is 28.6 Å². The van der Waals surface area contributed by atoms with Gasteiger partial charge in [0.2, 0.25) is 0 Å². The number of carbonyl (C=O) groups is 1. The predicted octanol–water partition coefficient (Wildman–Crippen LogP) is 0.955. The van der Waals surface area contributed by atoms with Crippen molar-refractivity contribution in [1.82, 2.24) is 10.3 Å². The first-order chi connectivity index (χ1) is 6.63. The molecule has 0 fully saturated rings. The highest BCUT2D eigenvalue weighted by atomic mass is 79.9. The van der Waals surface area contributed by atoms with Gasteiger partial charge in [-0.15, -0.1) is 0 Å². The standard InChI is InChI=1S/C9H11BrN2O2/c1-6(5-13)11-9(14)7-3-2-4-8(10)12-7/h2-4,6,13H,5H2,1H3,(H,11,14). The van der Waals surface area contributed by atoms with Gasteiger partial charge in [0.05, 0.1) is 6.61 Å². The minimum absolute atomic E-state index is 0.0836. The largest absolute Gasteiger partial charge is 0.394 e. The smallest absolute Gasteiger partial charge is 0.270 e. The summed E-state index contributed by atoms with van der Waals surface area (Å²) in [6.07, 6.45) is 0. The Labute approximate surface area is 90.5 Å². The lowest BCUT2D eigenvalue weighted by Crippen LogP contribution is -2.35. The second-order valence-electron chi connectivity index (χ2n) is 2.90. The van der Waals surface area contributed by atoms with E-state index in [-0.39, 0.29) is 18.6 Å². The van der Waals surface area contributed by atoms with Gasteiger partial charge in [0.25, 0.3) is 5.91 Å². The van der Waals surface area contributed by atoms with E-state index in [9.17, 15) is 4.79 Å². The number of aliphatic hydroxyl groups is 1. The quantitative estimate of drug-likeness (QED) is 0.794. The molecule has 1 heterocycles. The predicted molar refractivity (Wildman–Crippen MR) is 56.0 cm³/mol. The highest BCUT2D eigenvalue weighted by Gasteiger charge is 2.09. The number of amides is 1. The summed E-state index contributed by atoms with van der Waals surface area (Å²) in [6, 6.07) is 4.83. The monoisotopic (exact) mass is 258 g/mol. The number of aromatic nitrogens is 1. The van der Waals surface area contributed by atoms with E-state index in [1.54, 1.807) is 25.1 Å². The third-order valence-corrected chi connectivity index (χ3v) is 2.04. The molecule has 0 aliphatic heterocycles. The van der Waals surface area contributed by atoms with Gasteiger partial charge in [-0.05, 0) is 35.0 Å². The van der Waals surface area contributed by atoms with Crippen molar-refractivity contribution in [1.29, 1.82) is 0 Å². The molecule has 1 aromatic rings. The van der Waals surface area contributed by atoms with Gasteiger partial charge in [0.15, 0.2) is 0 Å². The van der Waals surface area contributed by atoms with Gasteiger partial charge in [-0.2, -0.15) is 0 Å². The molecular formula is C9H11BrN2O2. The second-order valence-corrected chi connectivity index (χ2v) is 3.72. The zero-order valence-corrected chi connectivity index (χ0v) is 9.28. The molecule has 4 nitrogen and oxygen atoms in total. The Morgan fingerprint density at radius 3 is 3.00 bits per heavy atom. The van der Waals surface area contributed by atoms with Crippen molar-refractivity contribution in [2.75, 3.05) is 6.61 Å². The summed E-state index contributed by atoms with van der Waals surface area (Å²) in [5, 5.41) is 11.3. The third-order valence-electron chi connectivity index (χ3n) is 1.60. The average Bonchev–Trinajstić information content (AvgIpc) is 2.17. The molecule has 1 amide bonds. The van der Waals surface area contributed by atoms with Crippen LogP contribution in [0.3, 0.4) is 0 Å². The Balaban J connectivity index is 2.70. The lowest BCUT2D eigenvalue weighted by molar-refractivity contribution is 0.0917. The molecule has 0 spiro atoms. The van der Waals surface area contributed by atoms with Crippen LogP contribution >= 0.6 is 15.9 Å². The summed E-state index contributed by atoms with van der Waals surface area (Å²) >= 11 is 3.17. The number of aliphatic hydroxyl groups excluding tert-OH is 1. The lowest BCUT2D eigenvalue weighted by Gasteiger charge is -2.09. The van der Waals surface area contributed by atoms with E-state index in [1.165, 1.54) is 0 Å². The fourth-order valence-electron chi connectivity index (χ4n) is 0.878. The molecule has 0 radical (unpaired) electrons. The molecule has 0 saturated carbocycles. The molecule has 2 N–H and O–H groups in total. The van der Waals surface area contributed by atoms with Crippen molar-refractivity contribution >= 4 is 21.8 Å². The SMILES string of the molecule is CC(CO)NC(=O)c1cccc(Br)n1. The Morgan fingerprint density at radius 2 is 2.43 bits per heavy atom. The molecule has 14 heavy (non-hydrogen) atoms. The van der Waals surface area contributed by atoms with Gasteiger partial charge in [0.1, 0.15) is 10.3 Å². The summed E-state index contributed by atoms with van der Waals surface area (Å²) < 4.78 is 0.613. The molecular weight excluding hydrogens is 248 g/mol. The van der Waals surface area contributed by atoms with Gasteiger partial charge in [-0.1, -0.05) is 6.07 Å². The minimum Gasteiger partial charge on any atom is -0.394 e. The van der Waals surface area contributed by atoms with Crippen LogP contribution < -0.4 is 5.32 Å². The minimum atomic E-state index is -0.284. The van der Waals surface area contributed by atoms with Crippen LogP contribution in [-0.2, 0) is 0 Å². The van der Waals surface area contributed by atoms with E-state index in [2.05, 4.69) is 26.2 Å². The van der Waals surface area contributed by atoms with Crippen molar-refractivity contribution in [3.63, 3.8) is 0 Å². The number of halogens is 1. The first-order valence-electron chi connectivity index (χ1n) is 4.17. The van der Waals surface area contributed by atoms with Gasteiger partial charge < -0.3 is 10.4 Å². The lowest BCUT2D eigenvalue weighted by atomic mass is 10.3. The number of pyridine rings is 1. The van der Waals surface area contributed by atoms with Crippen LogP contribution in [0, 0.1) is 0 Å². The normalized spacial score (nSPS) is 12.2. The highest BCUT2D eigenvalue weighted by Crippen LogP contribution is 2.06. The highest BCUT2D eigenvalue weighted by molar-refractivity contribution is 9.10. The molecule has 0 aliphatic rings. The van der Waals surface area contributed by atoms with Gasteiger partial charge >= 0.3 is 0 Å². The molecule has 1 rings (SSSR count). The molecule has 0 saturated heterocycles. The summed E-state index contributed by atoms with van der Waals surface area (Å²) in [4.78, 5) is 15.4. The molecule has 0 bridgehead atoms. The zero-order valence-electron chi connectivity index (χ0n) is 7.70. The average molecular weight is 259 g/mol. The van der Waals surface area contributed by atoms with E-state index in [1.807, 2.05) is 0 Å². The number of hydrogen-bond acceptors (Lipinski definition) is 3. The van der Waals surface area contributed by atoms with E-state index >= 15 is 0 Å². The second kappa shape index (κ2) is 5.07. The van der Waals surface area contributed by atoms with Crippen molar-refractivity contribution in [2.45, 2.75) is 13.0 Å². The molecule has 1 atom stereocenters. The van der Waals surface area contributed by atoms with Gasteiger partial charge in [-0.3, -0.25) is 4.79 Å². The van der Waals surface area contributed by atoms with Crippen LogP contribution in [0.4, 0.5) is 0 Å². The maximum atomic E-state index is 11.5. The third kappa shape index (κ3) is 3.08. The Bertz CT molecular complexity index is 330. The van der Waals surface area contributed by atoms with Crippen LogP contribution in [0.15, 0.2) is 22.8 Å². The zero-order chi connectivity index (χ0) is 10.6. The molecule has 0 aliphatic carbocycles. The first-order valence-corrected chi connectivity index (χ1v) is 4.97. The molecule has 5 heteroatoms. The fourth-order valence-corrected chi connectivity index (χ4v) is 1.22. The number of nitrogens with zero attached hydrogens (tertiary/aromatic N) is 1. The van der Waals surface area contributed by atoms with Crippen LogP contribution in [0.25, 0.3) is 0 Å². The summed E-state index contributed by atoms with van der Waals surface area (Å²) in [7, 11) is 0. The van der Waals surface area contributed by atoms with Crippen LogP contribution in [0.5, 0.6) is 0 Å². The summed E-state index contributed by atoms with van der Waals surface area (Å²) in [5.41, 5.74) is 0.333. The number of carbonyl (C=O) groups excluding carboxylic acids is 1. The summed E-state index contributed by atoms with van der Waals surface area (Å²) in [6.45, 7) is 1.63. The van der Waals surface area contributed by atoms with E-state index < -0.39 is 0 Å². The fraction of sp³-hybridized carbons (Fsp3) is 0.333. The number of hydrogen-bond donors (Lipinski definition) is 2. The maximum absolute atomic E-state index is 11.5. The molecule has 0 aromatic carbocycles. The van der Waals surface area contributed by atoms with Gasteiger partial charge in [-0.25, -0.2) is 4.98 Å². The summed E-state index contributed by atoms with van der Waals surface area (Å²) in [5.74, 6) is -0.284. The van der Waals surface area contributed by atoms with Crippen molar-refractivity contribution in [3.8, 4) is 0 Å². The van der Waals surface area contributed by atoms with Crippen LogP contribution in [0.1, 0.15) is 17.4 Å². The first kappa shape index (κ1) is 11.1. The van der Waals surface area contributed by atoms with E-state index in [0.29, 0.717) is 10.3 Å². The molecule has 1 unspecified atom stereocenters. The number of rotatable bonds is 3.